The lowest BCUT2D eigenvalue weighted by Gasteiger charge is -2.10. The van der Waals surface area contributed by atoms with Crippen molar-refractivity contribution < 1.29 is 13.6 Å². The van der Waals surface area contributed by atoms with Crippen molar-refractivity contribution in [1.29, 1.82) is 0 Å². The molecule has 0 spiro atoms. The first-order valence-corrected chi connectivity index (χ1v) is 8.10. The van der Waals surface area contributed by atoms with Gasteiger partial charge in [-0.2, -0.15) is 0 Å². The number of benzene rings is 2. The van der Waals surface area contributed by atoms with E-state index in [1.807, 2.05) is 6.92 Å². The number of sulfone groups is 1. The maximum absolute atomic E-state index is 12.6. The molecule has 0 aliphatic carbocycles. The van der Waals surface area contributed by atoms with Gasteiger partial charge in [0.1, 0.15) is 0 Å². The lowest BCUT2D eigenvalue weighted by atomic mass is 10.2. The van der Waals surface area contributed by atoms with Gasteiger partial charge in [0.05, 0.1) is 20.5 Å². The van der Waals surface area contributed by atoms with Gasteiger partial charge in [-0.15, -0.1) is 0 Å². The molecule has 0 unspecified atom stereocenters. The summed E-state index contributed by atoms with van der Waals surface area (Å²) in [6, 6.07) is 10.7. The molecule has 0 bridgehead atoms. The second-order valence-electron chi connectivity index (χ2n) is 4.32. The zero-order valence-corrected chi connectivity index (χ0v) is 13.2. The van der Waals surface area contributed by atoms with Crippen molar-refractivity contribution in [1.82, 2.24) is 0 Å². The van der Waals surface area contributed by atoms with Gasteiger partial charge >= 0.3 is 0 Å². The van der Waals surface area contributed by atoms with E-state index in [2.05, 4.69) is 5.16 Å². The van der Waals surface area contributed by atoms with Crippen LogP contribution in [-0.4, -0.2) is 18.7 Å². The molecule has 0 aliphatic heterocycles. The first-order valence-electron chi connectivity index (χ1n) is 5.86. The van der Waals surface area contributed by atoms with Crippen molar-refractivity contribution >= 4 is 38.1 Å². The van der Waals surface area contributed by atoms with Gasteiger partial charge in [0.25, 0.3) is 0 Å². The Balaban J connectivity index is 2.64. The summed E-state index contributed by atoms with van der Waals surface area (Å²) in [6.45, 7) is 1.84. The Morgan fingerprint density at radius 2 is 1.57 bits per heavy atom. The fourth-order valence-electron chi connectivity index (χ4n) is 1.77. The molecule has 4 nitrogen and oxygen atoms in total. The van der Waals surface area contributed by atoms with Crippen LogP contribution in [0.3, 0.4) is 0 Å². The summed E-state index contributed by atoms with van der Waals surface area (Å²) in [5, 5.41) is 11.7. The molecule has 0 atom stereocenters. The summed E-state index contributed by atoms with van der Waals surface area (Å²) in [5.74, 6) is 0. The number of aryl methyl sites for hydroxylation is 1. The van der Waals surface area contributed by atoms with E-state index in [-0.39, 0.29) is 20.5 Å². The molecule has 0 fully saturated rings. The van der Waals surface area contributed by atoms with Crippen LogP contribution in [0, 0.1) is 6.92 Å². The van der Waals surface area contributed by atoms with Crippen molar-refractivity contribution in [3.8, 4) is 0 Å². The van der Waals surface area contributed by atoms with Crippen molar-refractivity contribution in [2.24, 2.45) is 5.16 Å². The molecule has 2 aromatic rings. The molecule has 0 aliphatic rings. The Hall–Kier alpha value is -1.56. The minimum Gasteiger partial charge on any atom is -0.410 e. The molecule has 1 N–H and O–H groups in total. The highest BCUT2D eigenvalue weighted by molar-refractivity contribution is 8.07. The normalized spacial score (nSPS) is 12.4. The summed E-state index contributed by atoms with van der Waals surface area (Å²) in [4.78, 5) is -0.00288. The molecule has 0 radical (unpaired) electrons. The van der Waals surface area contributed by atoms with E-state index >= 15 is 0 Å². The fraction of sp³-hybridized carbons (Fsp3) is 0.0714. The van der Waals surface area contributed by atoms with E-state index in [1.54, 1.807) is 18.2 Å². The van der Waals surface area contributed by atoms with Crippen LogP contribution in [0.2, 0.25) is 10.0 Å². The van der Waals surface area contributed by atoms with Crippen LogP contribution in [0.25, 0.3) is 0 Å². The SMILES string of the molecule is Cc1ccc(S(=O)(=O)C(=NO)c2c(Cl)cccc2Cl)cc1. The van der Waals surface area contributed by atoms with Crippen molar-refractivity contribution in [3.63, 3.8) is 0 Å². The van der Waals surface area contributed by atoms with Gasteiger partial charge in [0, 0.05) is 0 Å². The van der Waals surface area contributed by atoms with E-state index in [0.717, 1.165) is 5.56 Å². The molecular weight excluding hydrogens is 333 g/mol. The molecule has 0 aromatic heterocycles. The third-order valence-electron chi connectivity index (χ3n) is 2.85. The molecule has 0 amide bonds. The quantitative estimate of drug-likeness (QED) is 0.389. The number of hydrogen-bond donors (Lipinski definition) is 1. The van der Waals surface area contributed by atoms with Gasteiger partial charge in [0.2, 0.25) is 14.9 Å². The standard InChI is InChI=1S/C14H11Cl2NO3S/c1-9-5-7-10(8-6-9)21(19,20)14(17-18)13-11(15)3-2-4-12(13)16/h2-8,18H,1H3. The van der Waals surface area contributed by atoms with E-state index in [9.17, 15) is 13.6 Å². The Labute approximate surface area is 132 Å². The Morgan fingerprint density at radius 1 is 1.05 bits per heavy atom. The molecule has 21 heavy (non-hydrogen) atoms. The van der Waals surface area contributed by atoms with Crippen LogP contribution in [0.15, 0.2) is 52.5 Å². The smallest absolute Gasteiger partial charge is 0.227 e. The predicted molar refractivity (Wildman–Crippen MR) is 83.2 cm³/mol. The molecular formula is C14H11Cl2NO3S. The minimum atomic E-state index is -4.03. The van der Waals surface area contributed by atoms with Gasteiger partial charge in [-0.3, -0.25) is 0 Å². The Kier molecular flexibility index (Phi) is 4.56. The summed E-state index contributed by atoms with van der Waals surface area (Å²) < 4.78 is 25.1. The van der Waals surface area contributed by atoms with E-state index in [0.29, 0.717) is 0 Å². The average Bonchev–Trinajstić information content (AvgIpc) is 2.43. The van der Waals surface area contributed by atoms with Crippen molar-refractivity contribution in [3.05, 3.63) is 63.6 Å². The highest BCUT2D eigenvalue weighted by Gasteiger charge is 2.28. The Morgan fingerprint density at radius 3 is 2.05 bits per heavy atom. The second kappa shape index (κ2) is 6.05. The molecule has 0 saturated carbocycles. The molecule has 110 valence electrons. The number of halogens is 2. The monoisotopic (exact) mass is 343 g/mol. The first-order chi connectivity index (χ1) is 9.87. The summed E-state index contributed by atoms with van der Waals surface area (Å²) in [6.07, 6.45) is 0. The zero-order chi connectivity index (χ0) is 15.6. The summed E-state index contributed by atoms with van der Waals surface area (Å²) in [5.41, 5.74) is 0.885. The maximum Gasteiger partial charge on any atom is 0.227 e. The van der Waals surface area contributed by atoms with Crippen LogP contribution in [0.1, 0.15) is 11.1 Å². The molecule has 0 heterocycles. The fourth-order valence-corrected chi connectivity index (χ4v) is 3.77. The second-order valence-corrected chi connectivity index (χ2v) is 7.00. The third-order valence-corrected chi connectivity index (χ3v) is 5.17. The van der Waals surface area contributed by atoms with Gasteiger partial charge < -0.3 is 5.21 Å². The van der Waals surface area contributed by atoms with E-state index in [4.69, 9.17) is 23.2 Å². The highest BCUT2D eigenvalue weighted by atomic mass is 35.5. The van der Waals surface area contributed by atoms with Gasteiger partial charge in [-0.25, -0.2) is 8.42 Å². The third kappa shape index (κ3) is 3.05. The van der Waals surface area contributed by atoms with E-state index in [1.165, 1.54) is 24.3 Å². The van der Waals surface area contributed by atoms with Crippen LogP contribution in [0.5, 0.6) is 0 Å². The largest absolute Gasteiger partial charge is 0.410 e. The number of rotatable bonds is 2. The van der Waals surface area contributed by atoms with Gasteiger partial charge in [0.15, 0.2) is 0 Å². The summed E-state index contributed by atoms with van der Waals surface area (Å²) in [7, 11) is -4.03. The maximum atomic E-state index is 12.6. The van der Waals surface area contributed by atoms with Crippen LogP contribution in [-0.2, 0) is 9.84 Å². The number of hydrogen-bond acceptors (Lipinski definition) is 4. The number of nitrogens with zero attached hydrogens (tertiary/aromatic N) is 1. The molecule has 7 heteroatoms. The molecule has 0 saturated heterocycles. The summed E-state index contributed by atoms with van der Waals surface area (Å²) >= 11 is 12.0. The lowest BCUT2D eigenvalue weighted by Crippen LogP contribution is -2.17. The number of oxime groups is 1. The zero-order valence-electron chi connectivity index (χ0n) is 10.9. The minimum absolute atomic E-state index is 0.00288. The first kappa shape index (κ1) is 15.8. The van der Waals surface area contributed by atoms with Gasteiger partial charge in [-0.1, -0.05) is 52.1 Å². The molecule has 2 aromatic carbocycles. The highest BCUT2D eigenvalue weighted by Crippen LogP contribution is 2.29. The van der Waals surface area contributed by atoms with E-state index < -0.39 is 14.9 Å². The molecule has 2 rings (SSSR count). The van der Waals surface area contributed by atoms with Gasteiger partial charge in [-0.05, 0) is 31.2 Å². The van der Waals surface area contributed by atoms with Crippen LogP contribution < -0.4 is 0 Å². The van der Waals surface area contributed by atoms with Crippen LogP contribution in [0.4, 0.5) is 0 Å². The lowest BCUT2D eigenvalue weighted by molar-refractivity contribution is 0.320. The Bertz CT molecular complexity index is 779. The topological polar surface area (TPSA) is 66.7 Å². The van der Waals surface area contributed by atoms with Crippen molar-refractivity contribution in [2.45, 2.75) is 11.8 Å². The average molecular weight is 344 g/mol. The van der Waals surface area contributed by atoms with Crippen LogP contribution >= 0.6 is 23.2 Å². The predicted octanol–water partition coefficient (Wildman–Crippen LogP) is 3.91. The van der Waals surface area contributed by atoms with Crippen molar-refractivity contribution in [2.75, 3.05) is 0 Å².